The molecule has 0 bridgehead atoms. The number of allylic oxidation sites excluding steroid dienone is 26. The van der Waals surface area contributed by atoms with Crippen molar-refractivity contribution in [2.24, 2.45) is 0 Å². The second-order valence-corrected chi connectivity index (χ2v) is 27.2. The second kappa shape index (κ2) is 76.7. The highest BCUT2D eigenvalue weighted by Gasteiger charge is 2.22. The number of hydrogen-bond acceptors (Lipinski definition) is 8. The Balaban J connectivity index is 4.06. The molecule has 0 fully saturated rings. The zero-order chi connectivity index (χ0) is 70.4. The number of carbonyl (C=O) groups is 3. The van der Waals surface area contributed by atoms with Gasteiger partial charge < -0.3 is 33.3 Å². The third kappa shape index (κ3) is 78.1. The molecule has 0 saturated carbocycles. The molecule has 9 nitrogen and oxygen atoms in total. The molecule has 2 atom stereocenters. The average molecular weight is 1350 g/mol. The largest absolute Gasteiger partial charge is 0.545 e. The number of esters is 2. The van der Waals surface area contributed by atoms with Crippen molar-refractivity contribution in [3.63, 3.8) is 0 Å². The van der Waals surface area contributed by atoms with Gasteiger partial charge in [-0.3, -0.25) is 9.59 Å². The van der Waals surface area contributed by atoms with E-state index in [1.54, 1.807) is 0 Å². The van der Waals surface area contributed by atoms with E-state index in [2.05, 4.69) is 172 Å². The van der Waals surface area contributed by atoms with E-state index in [0.29, 0.717) is 17.4 Å². The molecule has 0 rings (SSSR count). The number of likely N-dealkylation sites (N-methyl/N-ethyl adjacent to an activating group) is 1. The average Bonchev–Trinajstić information content (AvgIpc) is 2.39. The highest BCUT2D eigenvalue weighted by atomic mass is 16.7. The summed E-state index contributed by atoms with van der Waals surface area (Å²) in [5.41, 5.74) is 0. The summed E-state index contributed by atoms with van der Waals surface area (Å²) in [6.07, 6.45) is 111. The molecule has 0 aromatic carbocycles. The number of ether oxygens (including phenoxy) is 4. The monoisotopic (exact) mass is 1350 g/mol. The predicted octanol–water partition coefficient (Wildman–Crippen LogP) is 24.3. The van der Waals surface area contributed by atoms with Crippen LogP contribution in [-0.2, 0) is 33.3 Å². The standard InChI is InChI=1S/C88H147NO8/c1-6-8-10-12-14-16-18-20-22-24-26-28-30-32-34-36-38-40-41-42-43-44-45-47-49-51-53-55-57-59-61-63-65-67-69-71-73-75-77-79-86(91)97-84(83-96-88(87(92)93)94-81-80-89(3,4)5)82-95-85(90)78-76-74-72-70-68-66-64-62-60-58-56-54-52-50-48-46-39-37-35-33-31-29-27-25-23-21-19-17-15-13-11-9-7-2/h8-11,14-17,20-23,26-29,32-35,38-40,42-43,46,84,88H,6-7,12-13,18-19,24-25,30-31,36-37,41,44-45,47-83H2,1-5H3/b10-8-,11-9-,16-14-,17-15-,22-20-,23-21-,28-26-,29-27-,34-32-,35-33-,40-38-,43-42-,46-39-. The van der Waals surface area contributed by atoms with E-state index in [0.717, 1.165) is 122 Å². The van der Waals surface area contributed by atoms with Crippen molar-refractivity contribution in [3.05, 3.63) is 158 Å². The molecule has 0 aliphatic heterocycles. The highest BCUT2D eigenvalue weighted by Crippen LogP contribution is 2.18. The van der Waals surface area contributed by atoms with Gasteiger partial charge in [-0.15, -0.1) is 0 Å². The zero-order valence-corrected chi connectivity index (χ0v) is 63.1. The SMILES string of the molecule is CC/C=C\C/C=C\C/C=C\C/C=C\C/C=C\C/C=C\C/C=C\CCCCCCCCCCCCCCCCCCCC(=O)OC(COC(=O)CCCCCCCCCCCCCCCC/C=C\C/C=C\C/C=C\C/C=C\C/C=C\C/C=C\CC)COC(OCC[N+](C)(C)C)C(=O)[O-]. The quantitative estimate of drug-likeness (QED) is 0.0195. The van der Waals surface area contributed by atoms with E-state index < -0.39 is 24.3 Å². The van der Waals surface area contributed by atoms with Crippen molar-refractivity contribution in [2.45, 2.75) is 334 Å². The van der Waals surface area contributed by atoms with Gasteiger partial charge in [-0.05, 0) is 122 Å². The number of unbranched alkanes of at least 4 members (excludes halogenated alkanes) is 31. The number of rotatable bonds is 72. The first-order chi connectivity index (χ1) is 47.6. The summed E-state index contributed by atoms with van der Waals surface area (Å²) in [5.74, 6) is -2.28. The third-order valence-corrected chi connectivity index (χ3v) is 16.8. The fraction of sp³-hybridized carbons (Fsp3) is 0.670. The van der Waals surface area contributed by atoms with Gasteiger partial charge in [-0.25, -0.2) is 0 Å². The highest BCUT2D eigenvalue weighted by molar-refractivity contribution is 5.70. The maximum Gasteiger partial charge on any atom is 0.306 e. The normalized spacial score (nSPS) is 13.5. The van der Waals surface area contributed by atoms with Crippen LogP contribution in [0.1, 0.15) is 322 Å². The number of aliphatic carboxylic acids is 1. The van der Waals surface area contributed by atoms with Gasteiger partial charge in [0, 0.05) is 12.8 Å². The first kappa shape index (κ1) is 91.9. The van der Waals surface area contributed by atoms with Gasteiger partial charge in [0.25, 0.3) is 0 Å². The van der Waals surface area contributed by atoms with Gasteiger partial charge in [0.05, 0.1) is 40.3 Å². The molecule has 2 unspecified atom stereocenters. The van der Waals surface area contributed by atoms with Crippen molar-refractivity contribution in [1.29, 1.82) is 0 Å². The minimum absolute atomic E-state index is 0.143. The van der Waals surface area contributed by atoms with Crippen LogP contribution in [0.4, 0.5) is 0 Å². The molecule has 0 saturated heterocycles. The fourth-order valence-electron chi connectivity index (χ4n) is 10.8. The van der Waals surface area contributed by atoms with Crippen LogP contribution in [-0.4, -0.2) is 82.3 Å². The molecule has 0 heterocycles. The number of carbonyl (C=O) groups excluding carboxylic acids is 3. The molecule has 0 aliphatic carbocycles. The molecule has 0 amide bonds. The Kier molecular flexibility index (Phi) is 72.6. The Bertz CT molecular complexity index is 2160. The Morgan fingerprint density at radius 2 is 0.557 bits per heavy atom. The van der Waals surface area contributed by atoms with E-state index in [1.165, 1.54) is 167 Å². The Morgan fingerprint density at radius 1 is 0.309 bits per heavy atom. The van der Waals surface area contributed by atoms with Crippen LogP contribution < -0.4 is 5.11 Å². The molecule has 0 aromatic heterocycles. The summed E-state index contributed by atoms with van der Waals surface area (Å²) < 4.78 is 22.9. The third-order valence-electron chi connectivity index (χ3n) is 16.8. The summed E-state index contributed by atoms with van der Waals surface area (Å²) >= 11 is 0. The van der Waals surface area contributed by atoms with Crippen LogP contribution in [0.3, 0.4) is 0 Å². The number of hydrogen-bond donors (Lipinski definition) is 0. The van der Waals surface area contributed by atoms with E-state index in [1.807, 2.05) is 21.1 Å². The van der Waals surface area contributed by atoms with Gasteiger partial charge >= 0.3 is 11.9 Å². The smallest absolute Gasteiger partial charge is 0.306 e. The van der Waals surface area contributed by atoms with Crippen LogP contribution in [0.2, 0.25) is 0 Å². The van der Waals surface area contributed by atoms with Crippen LogP contribution in [0.5, 0.6) is 0 Å². The lowest BCUT2D eigenvalue weighted by Crippen LogP contribution is -2.44. The molecule has 97 heavy (non-hydrogen) atoms. The summed E-state index contributed by atoms with van der Waals surface area (Å²) in [6, 6.07) is 0. The Hall–Kier alpha value is -5.09. The van der Waals surface area contributed by atoms with Gasteiger partial charge in [-0.2, -0.15) is 0 Å². The van der Waals surface area contributed by atoms with E-state index in [4.69, 9.17) is 18.9 Å². The zero-order valence-electron chi connectivity index (χ0n) is 63.1. The van der Waals surface area contributed by atoms with Crippen molar-refractivity contribution in [1.82, 2.24) is 0 Å². The molecule has 552 valence electrons. The lowest BCUT2D eigenvalue weighted by Gasteiger charge is -2.26. The number of nitrogens with zero attached hydrogens (tertiary/aromatic N) is 1. The molecule has 0 aliphatic rings. The molecular weight excluding hydrogens is 1200 g/mol. The second-order valence-electron chi connectivity index (χ2n) is 27.2. The van der Waals surface area contributed by atoms with E-state index in [-0.39, 0.29) is 38.6 Å². The lowest BCUT2D eigenvalue weighted by atomic mass is 10.0. The maximum absolute atomic E-state index is 13.0. The maximum atomic E-state index is 13.0. The molecular formula is C88H147NO8. The molecule has 0 aromatic rings. The predicted molar refractivity (Wildman–Crippen MR) is 416 cm³/mol. The van der Waals surface area contributed by atoms with Gasteiger partial charge in [0.2, 0.25) is 0 Å². The van der Waals surface area contributed by atoms with Crippen molar-refractivity contribution in [2.75, 3.05) is 47.5 Å². The Labute approximate surface area is 597 Å². The number of quaternary nitrogens is 1. The van der Waals surface area contributed by atoms with E-state index >= 15 is 0 Å². The first-order valence-corrected chi connectivity index (χ1v) is 39.6. The number of carboxylic acid groups (broad SMARTS) is 1. The minimum Gasteiger partial charge on any atom is -0.545 e. The molecule has 0 radical (unpaired) electrons. The van der Waals surface area contributed by atoms with Crippen molar-refractivity contribution < 1.29 is 42.9 Å². The molecule has 9 heteroatoms. The van der Waals surface area contributed by atoms with Crippen molar-refractivity contribution in [3.8, 4) is 0 Å². The first-order valence-electron chi connectivity index (χ1n) is 39.6. The summed E-state index contributed by atoms with van der Waals surface area (Å²) in [6.45, 7) is 4.54. The van der Waals surface area contributed by atoms with Crippen LogP contribution in [0.15, 0.2) is 158 Å². The fourth-order valence-corrected chi connectivity index (χ4v) is 10.8. The van der Waals surface area contributed by atoms with Gasteiger partial charge in [0.15, 0.2) is 12.4 Å². The number of carboxylic acids is 1. The van der Waals surface area contributed by atoms with Gasteiger partial charge in [-0.1, -0.05) is 345 Å². The summed E-state index contributed by atoms with van der Waals surface area (Å²) in [5, 5.41) is 11.9. The molecule has 0 spiro atoms. The van der Waals surface area contributed by atoms with Crippen LogP contribution in [0, 0.1) is 0 Å². The van der Waals surface area contributed by atoms with Gasteiger partial charge in [0.1, 0.15) is 13.2 Å². The summed E-state index contributed by atoms with van der Waals surface area (Å²) in [4.78, 5) is 37.6. The van der Waals surface area contributed by atoms with E-state index in [9.17, 15) is 19.5 Å². The van der Waals surface area contributed by atoms with Crippen molar-refractivity contribution >= 4 is 17.9 Å². The minimum atomic E-state index is -1.63. The lowest BCUT2D eigenvalue weighted by molar-refractivity contribution is -0.870. The van der Waals surface area contributed by atoms with Crippen LogP contribution in [0.25, 0.3) is 0 Å². The Morgan fingerprint density at radius 3 is 0.825 bits per heavy atom. The topological polar surface area (TPSA) is 111 Å². The summed E-state index contributed by atoms with van der Waals surface area (Å²) in [7, 11) is 5.94. The molecule has 0 N–H and O–H groups in total. The van der Waals surface area contributed by atoms with Crippen LogP contribution >= 0.6 is 0 Å².